The maximum absolute atomic E-state index is 12.1. The fraction of sp³-hybridized carbons (Fsp3) is 0.438. The van der Waals surface area contributed by atoms with Crippen LogP contribution in [0.15, 0.2) is 30.5 Å². The van der Waals surface area contributed by atoms with Gasteiger partial charge in [0.15, 0.2) is 0 Å². The van der Waals surface area contributed by atoms with Crippen LogP contribution in [0.1, 0.15) is 12.0 Å². The molecule has 5 heteroatoms. The Balaban J connectivity index is 1.65. The summed E-state index contributed by atoms with van der Waals surface area (Å²) in [6.07, 6.45) is 0.732. The zero-order valence-corrected chi connectivity index (χ0v) is 12.1. The Kier molecular flexibility index (Phi) is 3.69. The minimum absolute atomic E-state index is 0.0282. The molecule has 0 radical (unpaired) electrons. The summed E-state index contributed by atoms with van der Waals surface area (Å²) in [6, 6.07) is 8.31. The molecule has 3 rings (SSSR count). The Hall–Kier alpha value is -1.85. The number of nitrogens with zero attached hydrogens (tertiary/aromatic N) is 2. The second kappa shape index (κ2) is 5.50. The quantitative estimate of drug-likeness (QED) is 0.882. The predicted molar refractivity (Wildman–Crippen MR) is 79.9 cm³/mol. The molecule has 2 N–H and O–H groups in total. The molecule has 1 aromatic carbocycles. The van der Waals surface area contributed by atoms with Crippen LogP contribution in [0.5, 0.6) is 0 Å². The Morgan fingerprint density at radius 3 is 2.67 bits per heavy atom. The van der Waals surface area contributed by atoms with E-state index < -0.39 is 12.2 Å². The van der Waals surface area contributed by atoms with E-state index in [2.05, 4.69) is 35.8 Å². The van der Waals surface area contributed by atoms with Crippen LogP contribution in [-0.4, -0.2) is 50.9 Å². The first-order chi connectivity index (χ1) is 10.0. The van der Waals surface area contributed by atoms with Gasteiger partial charge in [-0.3, -0.25) is 4.79 Å². The lowest BCUT2D eigenvalue weighted by Gasteiger charge is -2.15. The van der Waals surface area contributed by atoms with Crippen molar-refractivity contribution in [2.24, 2.45) is 0 Å². The first-order valence-electron chi connectivity index (χ1n) is 7.24. The van der Waals surface area contributed by atoms with Gasteiger partial charge in [-0.25, -0.2) is 0 Å². The summed E-state index contributed by atoms with van der Waals surface area (Å²) in [5.74, 6) is -0.0282. The lowest BCUT2D eigenvalue weighted by molar-refractivity contribution is -0.130. The fourth-order valence-corrected chi connectivity index (χ4v) is 2.86. The maximum atomic E-state index is 12.1. The lowest BCUT2D eigenvalue weighted by atomic mass is 10.2. The number of carbonyl (C=O) groups excluding carboxylic acids is 1. The Morgan fingerprint density at radius 1 is 1.24 bits per heavy atom. The molecule has 2 heterocycles. The molecule has 0 spiro atoms. The van der Waals surface area contributed by atoms with Crippen molar-refractivity contribution < 1.29 is 15.0 Å². The van der Waals surface area contributed by atoms with E-state index in [0.29, 0.717) is 13.0 Å². The summed E-state index contributed by atoms with van der Waals surface area (Å²) in [4.78, 5) is 13.6. The molecule has 2 aromatic rings. The van der Waals surface area contributed by atoms with Gasteiger partial charge in [0, 0.05) is 37.8 Å². The van der Waals surface area contributed by atoms with Crippen molar-refractivity contribution in [3.63, 3.8) is 0 Å². The number of benzene rings is 1. The summed E-state index contributed by atoms with van der Waals surface area (Å²) in [6.45, 7) is 3.12. The highest BCUT2D eigenvalue weighted by molar-refractivity contribution is 5.81. The average molecular weight is 288 g/mol. The van der Waals surface area contributed by atoms with Crippen LogP contribution in [0.25, 0.3) is 10.9 Å². The number of likely N-dealkylation sites (tertiary alicyclic amines) is 1. The number of aryl methyl sites for hydroxylation is 2. The van der Waals surface area contributed by atoms with Gasteiger partial charge in [-0.05, 0) is 30.5 Å². The highest BCUT2D eigenvalue weighted by Crippen LogP contribution is 2.18. The molecule has 0 unspecified atom stereocenters. The van der Waals surface area contributed by atoms with Crippen LogP contribution in [0, 0.1) is 6.92 Å². The number of aliphatic hydroxyl groups is 2. The molecule has 1 saturated heterocycles. The van der Waals surface area contributed by atoms with Gasteiger partial charge in [0.2, 0.25) is 5.91 Å². The van der Waals surface area contributed by atoms with Crippen molar-refractivity contribution in [2.75, 3.05) is 13.1 Å². The van der Waals surface area contributed by atoms with Gasteiger partial charge in [-0.15, -0.1) is 0 Å². The van der Waals surface area contributed by atoms with Crippen molar-refractivity contribution in [3.05, 3.63) is 36.0 Å². The van der Waals surface area contributed by atoms with Crippen molar-refractivity contribution in [3.8, 4) is 0 Å². The third kappa shape index (κ3) is 2.80. The van der Waals surface area contributed by atoms with Gasteiger partial charge < -0.3 is 19.7 Å². The molecular weight excluding hydrogens is 268 g/mol. The molecule has 1 amide bonds. The van der Waals surface area contributed by atoms with Gasteiger partial charge in [-0.2, -0.15) is 0 Å². The Bertz CT molecular complexity index is 655. The molecular formula is C16H20N2O3. The number of fused-ring (bicyclic) bond motifs is 1. The molecule has 0 saturated carbocycles. The van der Waals surface area contributed by atoms with Crippen molar-refractivity contribution in [1.29, 1.82) is 0 Å². The number of aliphatic hydroxyl groups excluding tert-OH is 2. The standard InChI is InChI=1S/C16H20N2O3/c1-11-2-3-13-12(8-11)4-6-17(13)7-5-16(21)18-9-14(19)15(20)10-18/h2-4,6,8,14-15,19-20H,5,7,9-10H2,1H3/t14-,15-/m1/s1. The van der Waals surface area contributed by atoms with E-state index in [1.165, 1.54) is 15.8 Å². The minimum Gasteiger partial charge on any atom is -0.388 e. The monoisotopic (exact) mass is 288 g/mol. The zero-order chi connectivity index (χ0) is 15.0. The number of hydrogen-bond donors (Lipinski definition) is 2. The van der Waals surface area contributed by atoms with Gasteiger partial charge in [-0.1, -0.05) is 11.6 Å². The molecule has 2 atom stereocenters. The van der Waals surface area contributed by atoms with Gasteiger partial charge >= 0.3 is 0 Å². The van der Waals surface area contributed by atoms with E-state index >= 15 is 0 Å². The Morgan fingerprint density at radius 2 is 1.95 bits per heavy atom. The molecule has 0 aliphatic carbocycles. The van der Waals surface area contributed by atoms with E-state index in [4.69, 9.17) is 0 Å². The normalized spacial score (nSPS) is 22.1. The third-order valence-electron chi connectivity index (χ3n) is 4.10. The summed E-state index contributed by atoms with van der Waals surface area (Å²) < 4.78 is 2.07. The van der Waals surface area contributed by atoms with E-state index in [1.54, 1.807) is 0 Å². The van der Waals surface area contributed by atoms with Crippen molar-refractivity contribution in [1.82, 2.24) is 9.47 Å². The molecule has 21 heavy (non-hydrogen) atoms. The van der Waals surface area contributed by atoms with Crippen molar-refractivity contribution in [2.45, 2.75) is 32.1 Å². The van der Waals surface area contributed by atoms with Crippen LogP contribution in [-0.2, 0) is 11.3 Å². The van der Waals surface area contributed by atoms with Crippen molar-refractivity contribution >= 4 is 16.8 Å². The van der Waals surface area contributed by atoms with Gasteiger partial charge in [0.05, 0.1) is 12.2 Å². The fourth-order valence-electron chi connectivity index (χ4n) is 2.86. The summed E-state index contributed by atoms with van der Waals surface area (Å²) in [7, 11) is 0. The molecule has 1 aromatic heterocycles. The van der Waals surface area contributed by atoms with Crippen LogP contribution in [0.4, 0.5) is 0 Å². The lowest BCUT2D eigenvalue weighted by Crippen LogP contribution is -2.30. The molecule has 1 fully saturated rings. The topological polar surface area (TPSA) is 65.7 Å². The zero-order valence-electron chi connectivity index (χ0n) is 12.1. The third-order valence-corrected chi connectivity index (χ3v) is 4.10. The summed E-state index contributed by atoms with van der Waals surface area (Å²) in [5, 5.41) is 20.2. The second-order valence-corrected chi connectivity index (χ2v) is 5.75. The van der Waals surface area contributed by atoms with Gasteiger partial charge in [0.25, 0.3) is 0 Å². The first-order valence-corrected chi connectivity index (χ1v) is 7.24. The highest BCUT2D eigenvalue weighted by atomic mass is 16.3. The van der Waals surface area contributed by atoms with E-state index in [0.717, 1.165) is 5.52 Å². The SMILES string of the molecule is Cc1ccc2c(ccn2CCC(=O)N2C[C@@H](O)[C@H](O)C2)c1. The van der Waals surface area contributed by atoms with Crippen LogP contribution >= 0.6 is 0 Å². The summed E-state index contributed by atoms with van der Waals surface area (Å²) >= 11 is 0. The smallest absolute Gasteiger partial charge is 0.224 e. The van der Waals surface area contributed by atoms with E-state index in [9.17, 15) is 15.0 Å². The number of β-amino-alcohol motifs (C(OH)–C–C–N with tert-alkyl or cyclic N) is 2. The number of amides is 1. The van der Waals surface area contributed by atoms with Crippen LogP contribution in [0.3, 0.4) is 0 Å². The Labute approximate surface area is 123 Å². The molecule has 112 valence electrons. The highest BCUT2D eigenvalue weighted by Gasteiger charge is 2.32. The second-order valence-electron chi connectivity index (χ2n) is 5.75. The largest absolute Gasteiger partial charge is 0.388 e. The molecule has 0 bridgehead atoms. The molecule has 5 nitrogen and oxygen atoms in total. The van der Waals surface area contributed by atoms with Gasteiger partial charge in [0.1, 0.15) is 0 Å². The predicted octanol–water partition coefficient (Wildman–Crippen LogP) is 0.904. The first kappa shape index (κ1) is 14.1. The van der Waals surface area contributed by atoms with E-state index in [1.807, 2.05) is 6.20 Å². The van der Waals surface area contributed by atoms with Crippen LogP contribution in [0.2, 0.25) is 0 Å². The number of rotatable bonds is 3. The average Bonchev–Trinajstić information content (AvgIpc) is 3.00. The van der Waals surface area contributed by atoms with E-state index in [-0.39, 0.29) is 19.0 Å². The molecule has 1 aliphatic heterocycles. The number of carbonyl (C=O) groups is 1. The molecule has 1 aliphatic rings. The maximum Gasteiger partial charge on any atom is 0.224 e. The number of aromatic nitrogens is 1. The summed E-state index contributed by atoms with van der Waals surface area (Å²) in [5.41, 5.74) is 2.34. The number of hydrogen-bond acceptors (Lipinski definition) is 3. The minimum atomic E-state index is -0.815. The van der Waals surface area contributed by atoms with Crippen LogP contribution < -0.4 is 0 Å².